The zero-order chi connectivity index (χ0) is 11.3. The Morgan fingerprint density at radius 1 is 1.20 bits per heavy atom. The Balaban J connectivity index is 0.000000337. The average Bonchev–Trinajstić information content (AvgIpc) is 2.57. The molecule has 0 heterocycles. The molecule has 0 aliphatic heterocycles. The maximum atomic E-state index is 3.82. The van der Waals surface area contributed by atoms with Crippen LogP contribution in [0.3, 0.4) is 0 Å². The maximum absolute atomic E-state index is 3.82. The molecule has 0 bridgehead atoms. The van der Waals surface area contributed by atoms with Gasteiger partial charge < -0.3 is 0 Å². The van der Waals surface area contributed by atoms with Gasteiger partial charge in [-0.1, -0.05) is 43.0 Å². The van der Waals surface area contributed by atoms with Gasteiger partial charge in [-0.05, 0) is 42.5 Å². The van der Waals surface area contributed by atoms with Gasteiger partial charge in [-0.3, -0.25) is 0 Å². The number of rotatable bonds is 1. The molecule has 2 rings (SSSR count). The van der Waals surface area contributed by atoms with Gasteiger partial charge in [0.05, 0.1) is 0 Å². The summed E-state index contributed by atoms with van der Waals surface area (Å²) in [5.74, 6) is 0. The van der Waals surface area contributed by atoms with E-state index in [1.807, 2.05) is 13.0 Å². The van der Waals surface area contributed by atoms with E-state index in [0.717, 1.165) is 6.42 Å². The highest BCUT2D eigenvalue weighted by Gasteiger charge is 2.14. The van der Waals surface area contributed by atoms with E-state index in [-0.39, 0.29) is 0 Å². The summed E-state index contributed by atoms with van der Waals surface area (Å²) in [4.78, 5) is 0. The van der Waals surface area contributed by atoms with Crippen molar-refractivity contribution in [3.63, 3.8) is 0 Å². The first-order valence-electron chi connectivity index (χ1n) is 5.22. The molecule has 0 fully saturated rings. The van der Waals surface area contributed by atoms with Crippen LogP contribution in [0.1, 0.15) is 25.0 Å². The largest absolute Gasteiger partial charge is 0.103 e. The third-order valence-corrected chi connectivity index (χ3v) is 2.53. The summed E-state index contributed by atoms with van der Waals surface area (Å²) >= 11 is 0. The first kappa shape index (κ1) is 11.5. The van der Waals surface area contributed by atoms with E-state index < -0.39 is 0 Å². The molecular weight excluding hydrogens is 180 g/mol. The molecular formula is C15H18. The monoisotopic (exact) mass is 198 g/mol. The first-order valence-corrected chi connectivity index (χ1v) is 5.22. The maximum Gasteiger partial charge on any atom is -0.00171 e. The highest BCUT2D eigenvalue weighted by molar-refractivity contribution is 5.76. The summed E-state index contributed by atoms with van der Waals surface area (Å²) < 4.78 is 0. The number of allylic oxidation sites excluding steroid dienone is 4. The van der Waals surface area contributed by atoms with E-state index in [1.165, 1.54) is 22.3 Å². The molecule has 0 spiro atoms. The van der Waals surface area contributed by atoms with Crippen LogP contribution in [0.5, 0.6) is 0 Å². The number of benzene rings is 1. The highest BCUT2D eigenvalue weighted by Crippen LogP contribution is 2.32. The minimum Gasteiger partial charge on any atom is -0.103 e. The van der Waals surface area contributed by atoms with E-state index in [0.29, 0.717) is 0 Å². The average molecular weight is 198 g/mol. The van der Waals surface area contributed by atoms with E-state index >= 15 is 0 Å². The molecule has 0 aromatic heterocycles. The third kappa shape index (κ3) is 2.47. The Bertz CT molecular complexity index is 394. The van der Waals surface area contributed by atoms with Crippen molar-refractivity contribution in [3.8, 4) is 0 Å². The van der Waals surface area contributed by atoms with Gasteiger partial charge in [0.2, 0.25) is 0 Å². The Hall–Kier alpha value is -1.56. The van der Waals surface area contributed by atoms with E-state index in [9.17, 15) is 0 Å². The van der Waals surface area contributed by atoms with Crippen LogP contribution >= 0.6 is 0 Å². The summed E-state index contributed by atoms with van der Waals surface area (Å²) in [5.41, 5.74) is 5.59. The molecule has 0 saturated heterocycles. The van der Waals surface area contributed by atoms with Gasteiger partial charge in [-0.2, -0.15) is 0 Å². The molecule has 1 aromatic carbocycles. The molecule has 0 amide bonds. The highest BCUT2D eigenvalue weighted by atomic mass is 14.2. The summed E-state index contributed by atoms with van der Waals surface area (Å²) in [5, 5.41) is 0. The molecule has 0 N–H and O–H groups in total. The predicted octanol–water partition coefficient (Wildman–Crippen LogP) is 4.39. The van der Waals surface area contributed by atoms with Crippen LogP contribution in [0.2, 0.25) is 0 Å². The fourth-order valence-electron chi connectivity index (χ4n) is 1.78. The molecule has 78 valence electrons. The standard InChI is InChI=1S/C12H12.C3H6/c1-3-10-8-11-6-4-5-7-12(11)9(10)2;1-3-2/h3-7H,1,8H2,2H3;3H,1H2,2H3. The van der Waals surface area contributed by atoms with Crippen LogP contribution in [0.25, 0.3) is 5.57 Å². The van der Waals surface area contributed by atoms with E-state index in [1.54, 1.807) is 6.08 Å². The summed E-state index contributed by atoms with van der Waals surface area (Å²) in [6.07, 6.45) is 4.78. The molecule has 15 heavy (non-hydrogen) atoms. The van der Waals surface area contributed by atoms with Gasteiger partial charge >= 0.3 is 0 Å². The second kappa shape index (κ2) is 5.35. The van der Waals surface area contributed by atoms with Crippen LogP contribution in [-0.2, 0) is 6.42 Å². The zero-order valence-corrected chi connectivity index (χ0v) is 9.59. The van der Waals surface area contributed by atoms with Crippen LogP contribution in [0.15, 0.2) is 55.1 Å². The molecule has 0 unspecified atom stereocenters. The number of hydrogen-bond donors (Lipinski definition) is 0. The smallest absolute Gasteiger partial charge is 0.00171 e. The van der Waals surface area contributed by atoms with Crippen LogP contribution in [0, 0.1) is 0 Å². The predicted molar refractivity (Wildman–Crippen MR) is 68.8 cm³/mol. The quantitative estimate of drug-likeness (QED) is 0.587. The Labute approximate surface area is 92.6 Å². The van der Waals surface area contributed by atoms with Crippen LogP contribution < -0.4 is 0 Å². The summed E-state index contributed by atoms with van der Waals surface area (Å²) in [6, 6.07) is 8.56. The zero-order valence-electron chi connectivity index (χ0n) is 9.59. The van der Waals surface area contributed by atoms with Gasteiger partial charge in [0, 0.05) is 0 Å². The molecule has 0 heteroatoms. The second-order valence-electron chi connectivity index (χ2n) is 3.60. The van der Waals surface area contributed by atoms with Crippen LogP contribution in [0.4, 0.5) is 0 Å². The molecule has 0 saturated carbocycles. The lowest BCUT2D eigenvalue weighted by Crippen LogP contribution is -1.80. The molecule has 1 aromatic rings. The van der Waals surface area contributed by atoms with Crippen LogP contribution in [-0.4, -0.2) is 0 Å². The number of fused-ring (bicyclic) bond motifs is 1. The van der Waals surface area contributed by atoms with Crippen molar-refractivity contribution in [1.29, 1.82) is 0 Å². The third-order valence-electron chi connectivity index (χ3n) is 2.53. The SMILES string of the molecule is C=CC.C=CC1=C(C)c2ccccc2C1. The lowest BCUT2D eigenvalue weighted by molar-refractivity contribution is 1.25. The van der Waals surface area contributed by atoms with Gasteiger partial charge in [0.1, 0.15) is 0 Å². The minimum atomic E-state index is 1.06. The van der Waals surface area contributed by atoms with Gasteiger partial charge in [-0.15, -0.1) is 6.58 Å². The summed E-state index contributed by atoms with van der Waals surface area (Å²) in [7, 11) is 0. The normalized spacial score (nSPS) is 12.7. The number of hydrogen-bond acceptors (Lipinski definition) is 0. The summed E-state index contributed by atoms with van der Waals surface area (Å²) in [6.45, 7) is 11.2. The molecule has 0 atom stereocenters. The van der Waals surface area contributed by atoms with E-state index in [2.05, 4.69) is 44.3 Å². The molecule has 0 radical (unpaired) electrons. The minimum absolute atomic E-state index is 1.06. The lowest BCUT2D eigenvalue weighted by atomic mass is 10.1. The van der Waals surface area contributed by atoms with Crippen molar-refractivity contribution in [2.45, 2.75) is 20.3 Å². The van der Waals surface area contributed by atoms with Crippen molar-refractivity contribution < 1.29 is 0 Å². The van der Waals surface area contributed by atoms with Gasteiger partial charge in [0.25, 0.3) is 0 Å². The second-order valence-corrected chi connectivity index (χ2v) is 3.60. The fraction of sp³-hybridized carbons (Fsp3) is 0.200. The topological polar surface area (TPSA) is 0 Å². The molecule has 1 aliphatic carbocycles. The fourth-order valence-corrected chi connectivity index (χ4v) is 1.78. The Morgan fingerprint density at radius 3 is 2.33 bits per heavy atom. The van der Waals surface area contributed by atoms with Crippen molar-refractivity contribution in [3.05, 3.63) is 66.3 Å². The van der Waals surface area contributed by atoms with Crippen molar-refractivity contribution in [2.24, 2.45) is 0 Å². The Morgan fingerprint density at radius 2 is 1.80 bits per heavy atom. The lowest BCUT2D eigenvalue weighted by Gasteiger charge is -1.97. The molecule has 0 nitrogen and oxygen atoms in total. The van der Waals surface area contributed by atoms with Crippen molar-refractivity contribution >= 4 is 5.57 Å². The van der Waals surface area contributed by atoms with Gasteiger partial charge in [-0.25, -0.2) is 0 Å². The van der Waals surface area contributed by atoms with E-state index in [4.69, 9.17) is 0 Å². The van der Waals surface area contributed by atoms with Gasteiger partial charge in [0.15, 0.2) is 0 Å². The Kier molecular flexibility index (Phi) is 4.11. The molecule has 1 aliphatic rings. The van der Waals surface area contributed by atoms with Crippen molar-refractivity contribution in [1.82, 2.24) is 0 Å². The van der Waals surface area contributed by atoms with Crippen molar-refractivity contribution in [2.75, 3.05) is 0 Å². The first-order chi connectivity index (χ1) is 7.24.